The molecule has 0 aliphatic carbocycles. The van der Waals surface area contributed by atoms with Crippen molar-refractivity contribution in [2.45, 2.75) is 30.7 Å². The summed E-state index contributed by atoms with van der Waals surface area (Å²) in [7, 11) is 0. The van der Waals surface area contributed by atoms with Gasteiger partial charge in [0, 0.05) is 21.7 Å². The molecule has 0 aliphatic rings. The molecule has 0 saturated heterocycles. The van der Waals surface area contributed by atoms with Crippen LogP contribution in [0.1, 0.15) is 18.1 Å². The first-order valence-corrected chi connectivity index (χ1v) is 8.50. The zero-order valence-electron chi connectivity index (χ0n) is 12.2. The number of aryl methyl sites for hydroxylation is 1. The Morgan fingerprint density at radius 1 is 1.14 bits per heavy atom. The highest BCUT2D eigenvalue weighted by Gasteiger charge is 2.09. The fourth-order valence-electron chi connectivity index (χ4n) is 2.12. The number of nitrogens with two attached hydrogens (primary N) is 1. The maximum atomic E-state index is 6.00. The predicted molar refractivity (Wildman–Crippen MR) is 92.8 cm³/mol. The maximum absolute atomic E-state index is 6.00. The largest absolute Gasteiger partial charge is 0.271 e. The smallest absolute Gasteiger partial charge is 0.0417 e. The minimum Gasteiger partial charge on any atom is -0.271 e. The van der Waals surface area contributed by atoms with Crippen molar-refractivity contribution >= 4 is 23.4 Å². The lowest BCUT2D eigenvalue weighted by Crippen LogP contribution is -2.38. The number of benzene rings is 2. The van der Waals surface area contributed by atoms with Crippen molar-refractivity contribution in [3.63, 3.8) is 0 Å². The molecule has 3 N–H and O–H groups in total. The molecule has 112 valence electrons. The molecule has 1 unspecified atom stereocenters. The third kappa shape index (κ3) is 5.36. The van der Waals surface area contributed by atoms with E-state index in [-0.39, 0.29) is 6.04 Å². The standard InChI is InChI=1S/C17H21ClN2S/c1-2-13-6-8-14(9-7-13)10-16(20-19)12-21-17-5-3-4-15(18)11-17/h3-9,11,16,20H,2,10,12,19H2,1H3. The van der Waals surface area contributed by atoms with Crippen molar-refractivity contribution in [2.75, 3.05) is 5.75 Å². The first-order chi connectivity index (χ1) is 10.2. The molecule has 0 fully saturated rings. The fourth-order valence-corrected chi connectivity index (χ4v) is 3.36. The van der Waals surface area contributed by atoms with Crippen LogP contribution in [0.2, 0.25) is 5.02 Å². The molecule has 0 bridgehead atoms. The topological polar surface area (TPSA) is 38.0 Å². The molecule has 0 aromatic heterocycles. The van der Waals surface area contributed by atoms with Crippen molar-refractivity contribution in [1.82, 2.24) is 5.43 Å². The van der Waals surface area contributed by atoms with E-state index in [0.29, 0.717) is 0 Å². The molecule has 1 atom stereocenters. The molecule has 0 amide bonds. The highest BCUT2D eigenvalue weighted by molar-refractivity contribution is 7.99. The van der Waals surface area contributed by atoms with E-state index in [1.54, 1.807) is 11.8 Å². The number of halogens is 1. The molecular formula is C17H21ClN2S. The van der Waals surface area contributed by atoms with Gasteiger partial charge in [-0.1, -0.05) is 48.9 Å². The lowest BCUT2D eigenvalue weighted by Gasteiger charge is -2.16. The summed E-state index contributed by atoms with van der Waals surface area (Å²) in [5.74, 6) is 6.59. The monoisotopic (exact) mass is 320 g/mol. The van der Waals surface area contributed by atoms with E-state index >= 15 is 0 Å². The Morgan fingerprint density at radius 2 is 1.86 bits per heavy atom. The number of hydrogen-bond acceptors (Lipinski definition) is 3. The van der Waals surface area contributed by atoms with Gasteiger partial charge in [-0.05, 0) is 42.2 Å². The van der Waals surface area contributed by atoms with Gasteiger partial charge in [0.25, 0.3) is 0 Å². The molecule has 2 aromatic carbocycles. The third-order valence-corrected chi connectivity index (χ3v) is 4.79. The summed E-state index contributed by atoms with van der Waals surface area (Å²) >= 11 is 7.77. The van der Waals surface area contributed by atoms with Crippen molar-refractivity contribution in [3.05, 3.63) is 64.7 Å². The second-order valence-electron chi connectivity index (χ2n) is 5.01. The van der Waals surface area contributed by atoms with Crippen LogP contribution in [0.3, 0.4) is 0 Å². The third-order valence-electron chi connectivity index (χ3n) is 3.40. The quantitative estimate of drug-likeness (QED) is 0.459. The molecule has 0 spiro atoms. The van der Waals surface area contributed by atoms with E-state index in [4.69, 9.17) is 17.4 Å². The van der Waals surface area contributed by atoms with Gasteiger partial charge in [0.2, 0.25) is 0 Å². The Hall–Kier alpha value is -1.00. The van der Waals surface area contributed by atoms with Gasteiger partial charge in [-0.15, -0.1) is 11.8 Å². The molecule has 0 aliphatic heterocycles. The Labute approximate surface area is 136 Å². The van der Waals surface area contributed by atoms with Crippen LogP contribution >= 0.6 is 23.4 Å². The first-order valence-electron chi connectivity index (χ1n) is 7.13. The van der Waals surface area contributed by atoms with Gasteiger partial charge in [0.1, 0.15) is 0 Å². The summed E-state index contributed by atoms with van der Waals surface area (Å²) < 4.78 is 0. The zero-order chi connectivity index (χ0) is 15.1. The second kappa shape index (κ2) is 8.44. The van der Waals surface area contributed by atoms with Crippen molar-refractivity contribution in [1.29, 1.82) is 0 Å². The van der Waals surface area contributed by atoms with Gasteiger partial charge in [-0.3, -0.25) is 11.3 Å². The number of rotatable bonds is 7. The Balaban J connectivity index is 1.90. The summed E-state index contributed by atoms with van der Waals surface area (Å²) in [6.45, 7) is 2.17. The molecule has 0 heterocycles. The highest BCUT2D eigenvalue weighted by atomic mass is 35.5. The number of thioether (sulfide) groups is 1. The SMILES string of the molecule is CCc1ccc(CC(CSc2cccc(Cl)c2)NN)cc1. The minimum atomic E-state index is 0.237. The summed E-state index contributed by atoms with van der Waals surface area (Å²) in [6.07, 6.45) is 2.00. The van der Waals surface area contributed by atoms with E-state index in [0.717, 1.165) is 23.6 Å². The average Bonchev–Trinajstić information content (AvgIpc) is 2.52. The minimum absolute atomic E-state index is 0.237. The Bertz CT molecular complexity index is 557. The molecule has 4 heteroatoms. The van der Waals surface area contributed by atoms with Crippen LogP contribution in [0.15, 0.2) is 53.4 Å². The zero-order valence-corrected chi connectivity index (χ0v) is 13.8. The van der Waals surface area contributed by atoms with Crippen LogP contribution in [0, 0.1) is 0 Å². The van der Waals surface area contributed by atoms with E-state index in [9.17, 15) is 0 Å². The molecule has 2 aromatic rings. The normalized spacial score (nSPS) is 12.3. The Morgan fingerprint density at radius 3 is 2.48 bits per heavy atom. The summed E-state index contributed by atoms with van der Waals surface area (Å²) in [6, 6.07) is 16.9. The van der Waals surface area contributed by atoms with Gasteiger partial charge >= 0.3 is 0 Å². The van der Waals surface area contributed by atoms with E-state index in [2.05, 4.69) is 42.7 Å². The van der Waals surface area contributed by atoms with Gasteiger partial charge in [0.15, 0.2) is 0 Å². The number of nitrogens with one attached hydrogen (secondary N) is 1. The summed E-state index contributed by atoms with van der Waals surface area (Å²) in [5.41, 5.74) is 5.58. The van der Waals surface area contributed by atoms with E-state index in [1.165, 1.54) is 16.0 Å². The molecule has 0 radical (unpaired) electrons. The number of hydrazine groups is 1. The summed E-state index contributed by atoms with van der Waals surface area (Å²) in [5, 5.41) is 0.771. The predicted octanol–water partition coefficient (Wildman–Crippen LogP) is 4.07. The number of hydrogen-bond donors (Lipinski definition) is 2. The maximum Gasteiger partial charge on any atom is 0.0417 e. The van der Waals surface area contributed by atoms with E-state index < -0.39 is 0 Å². The second-order valence-corrected chi connectivity index (χ2v) is 6.54. The van der Waals surface area contributed by atoms with Crippen LogP contribution in [-0.4, -0.2) is 11.8 Å². The Kier molecular flexibility index (Phi) is 6.58. The van der Waals surface area contributed by atoms with Crippen LogP contribution in [-0.2, 0) is 12.8 Å². The molecular weight excluding hydrogens is 300 g/mol. The van der Waals surface area contributed by atoms with Gasteiger partial charge < -0.3 is 0 Å². The van der Waals surface area contributed by atoms with Crippen molar-refractivity contribution in [3.8, 4) is 0 Å². The molecule has 2 nitrogen and oxygen atoms in total. The van der Waals surface area contributed by atoms with Gasteiger partial charge in [-0.25, -0.2) is 0 Å². The van der Waals surface area contributed by atoms with Gasteiger partial charge in [-0.2, -0.15) is 0 Å². The van der Waals surface area contributed by atoms with Crippen LogP contribution in [0.5, 0.6) is 0 Å². The lowest BCUT2D eigenvalue weighted by molar-refractivity contribution is 0.575. The lowest BCUT2D eigenvalue weighted by atomic mass is 10.0. The fraction of sp³-hybridized carbons (Fsp3) is 0.294. The van der Waals surface area contributed by atoms with Gasteiger partial charge in [0.05, 0.1) is 0 Å². The van der Waals surface area contributed by atoms with Crippen molar-refractivity contribution in [2.24, 2.45) is 5.84 Å². The van der Waals surface area contributed by atoms with Crippen molar-refractivity contribution < 1.29 is 0 Å². The van der Waals surface area contributed by atoms with Crippen LogP contribution < -0.4 is 11.3 Å². The molecule has 21 heavy (non-hydrogen) atoms. The van der Waals surface area contributed by atoms with Crippen LogP contribution in [0.4, 0.5) is 0 Å². The highest BCUT2D eigenvalue weighted by Crippen LogP contribution is 2.23. The van der Waals surface area contributed by atoms with E-state index in [1.807, 2.05) is 18.2 Å². The molecule has 2 rings (SSSR count). The average molecular weight is 321 g/mol. The molecule has 0 saturated carbocycles. The summed E-state index contributed by atoms with van der Waals surface area (Å²) in [4.78, 5) is 1.17. The first kappa shape index (κ1) is 16.4. The van der Waals surface area contributed by atoms with Crippen LogP contribution in [0.25, 0.3) is 0 Å².